The fraction of sp³-hybridized carbons (Fsp3) is 0.300. The van der Waals surface area contributed by atoms with Gasteiger partial charge in [-0.2, -0.15) is 9.97 Å². The zero-order valence-corrected chi connectivity index (χ0v) is 19.6. The van der Waals surface area contributed by atoms with Gasteiger partial charge in [-0.05, 0) is 42.8 Å². The van der Waals surface area contributed by atoms with Crippen molar-refractivity contribution in [1.29, 1.82) is 0 Å². The van der Waals surface area contributed by atoms with E-state index in [1.165, 1.54) is 17.4 Å². The van der Waals surface area contributed by atoms with Crippen LogP contribution in [0.15, 0.2) is 40.9 Å². The minimum atomic E-state index is -3.25. The first kappa shape index (κ1) is 23.2. The standard InChI is InChI=1S/C20H22BrFN4O4S/c1-26(31(3,27)28)9-4-10-30-20-24-17-8-6-14(29-2)12-15(17)19(25-20)23-18-7-5-13(21)11-16(18)22/h5-8,11-12H,4,9-10H2,1-3H3,(H,23,24,25). The van der Waals surface area contributed by atoms with Crippen LogP contribution < -0.4 is 14.8 Å². The van der Waals surface area contributed by atoms with Crippen LogP contribution in [0.1, 0.15) is 6.42 Å². The van der Waals surface area contributed by atoms with Crippen molar-refractivity contribution >= 4 is 48.4 Å². The van der Waals surface area contributed by atoms with E-state index in [-0.39, 0.29) is 18.3 Å². The van der Waals surface area contributed by atoms with E-state index in [2.05, 4.69) is 31.2 Å². The molecule has 0 unspecified atom stereocenters. The molecule has 0 bridgehead atoms. The molecule has 0 radical (unpaired) electrons. The predicted molar refractivity (Wildman–Crippen MR) is 121 cm³/mol. The molecule has 8 nitrogen and oxygen atoms in total. The summed E-state index contributed by atoms with van der Waals surface area (Å²) in [5, 5.41) is 3.62. The first-order valence-electron chi connectivity index (χ1n) is 9.29. The SMILES string of the molecule is COc1ccc2nc(OCCCN(C)S(C)(=O)=O)nc(Nc3ccc(Br)cc3F)c2c1. The molecule has 3 aromatic rings. The number of rotatable bonds is 9. The third-order valence-electron chi connectivity index (χ3n) is 4.48. The van der Waals surface area contributed by atoms with Gasteiger partial charge in [0.2, 0.25) is 10.0 Å². The van der Waals surface area contributed by atoms with Crippen LogP contribution in [0.2, 0.25) is 0 Å². The normalized spacial score (nSPS) is 11.7. The lowest BCUT2D eigenvalue weighted by atomic mass is 10.2. The van der Waals surface area contributed by atoms with Crippen molar-refractivity contribution in [2.75, 3.05) is 38.9 Å². The van der Waals surface area contributed by atoms with Crippen molar-refractivity contribution in [3.63, 3.8) is 0 Å². The Bertz CT molecular complexity index is 1190. The molecule has 3 rings (SSSR count). The number of nitrogens with one attached hydrogen (secondary N) is 1. The minimum Gasteiger partial charge on any atom is -0.497 e. The molecule has 31 heavy (non-hydrogen) atoms. The van der Waals surface area contributed by atoms with Crippen molar-refractivity contribution < 1.29 is 22.3 Å². The Hall–Kier alpha value is -2.50. The van der Waals surface area contributed by atoms with Crippen LogP contribution in [0.4, 0.5) is 15.9 Å². The number of anilines is 2. The number of fused-ring (bicyclic) bond motifs is 1. The summed E-state index contributed by atoms with van der Waals surface area (Å²) >= 11 is 3.24. The van der Waals surface area contributed by atoms with Crippen LogP contribution >= 0.6 is 15.9 Å². The van der Waals surface area contributed by atoms with Crippen LogP contribution in [0.25, 0.3) is 10.9 Å². The van der Waals surface area contributed by atoms with Crippen molar-refractivity contribution in [3.05, 3.63) is 46.7 Å². The van der Waals surface area contributed by atoms with E-state index in [1.807, 2.05) is 0 Å². The highest BCUT2D eigenvalue weighted by Gasteiger charge is 2.14. The number of halogens is 2. The number of hydrogen-bond donors (Lipinski definition) is 1. The van der Waals surface area contributed by atoms with E-state index < -0.39 is 15.8 Å². The van der Waals surface area contributed by atoms with Gasteiger partial charge in [0, 0.05) is 23.5 Å². The molecule has 0 saturated carbocycles. The van der Waals surface area contributed by atoms with Gasteiger partial charge in [0.05, 0.1) is 31.2 Å². The van der Waals surface area contributed by atoms with E-state index in [0.717, 1.165) is 6.26 Å². The maximum Gasteiger partial charge on any atom is 0.318 e. The molecular weight excluding hydrogens is 491 g/mol. The lowest BCUT2D eigenvalue weighted by Gasteiger charge is -2.15. The van der Waals surface area contributed by atoms with E-state index in [1.54, 1.807) is 37.4 Å². The Morgan fingerprint density at radius 3 is 2.65 bits per heavy atom. The zero-order chi connectivity index (χ0) is 22.6. The lowest BCUT2D eigenvalue weighted by Crippen LogP contribution is -2.27. The quantitative estimate of drug-likeness (QED) is 0.433. The third kappa shape index (κ3) is 6.02. The first-order valence-corrected chi connectivity index (χ1v) is 11.9. The summed E-state index contributed by atoms with van der Waals surface area (Å²) in [5.41, 5.74) is 0.825. The Balaban J connectivity index is 1.86. The van der Waals surface area contributed by atoms with E-state index >= 15 is 0 Å². The molecular formula is C20H22BrFN4O4S. The fourth-order valence-electron chi connectivity index (χ4n) is 2.71. The Labute approximate surface area is 188 Å². The highest BCUT2D eigenvalue weighted by Crippen LogP contribution is 2.30. The molecule has 0 amide bonds. The van der Waals surface area contributed by atoms with Crippen molar-refractivity contribution in [2.45, 2.75) is 6.42 Å². The van der Waals surface area contributed by atoms with Crippen LogP contribution in [0, 0.1) is 5.82 Å². The van der Waals surface area contributed by atoms with Gasteiger partial charge in [-0.15, -0.1) is 0 Å². The summed E-state index contributed by atoms with van der Waals surface area (Å²) in [7, 11) is -0.192. The van der Waals surface area contributed by atoms with Gasteiger partial charge < -0.3 is 14.8 Å². The van der Waals surface area contributed by atoms with Gasteiger partial charge in [0.15, 0.2) is 0 Å². The van der Waals surface area contributed by atoms with E-state index in [4.69, 9.17) is 9.47 Å². The number of benzene rings is 2. The van der Waals surface area contributed by atoms with Crippen LogP contribution in [-0.4, -0.2) is 56.3 Å². The second-order valence-corrected chi connectivity index (χ2v) is 9.78. The van der Waals surface area contributed by atoms with Gasteiger partial charge in [0.1, 0.15) is 17.4 Å². The number of hydrogen-bond acceptors (Lipinski definition) is 7. The van der Waals surface area contributed by atoms with Gasteiger partial charge in [0.25, 0.3) is 0 Å². The number of methoxy groups -OCH3 is 1. The molecule has 0 aliphatic rings. The second kappa shape index (κ2) is 9.75. The van der Waals surface area contributed by atoms with Crippen molar-refractivity contribution in [1.82, 2.24) is 14.3 Å². The highest BCUT2D eigenvalue weighted by molar-refractivity contribution is 9.10. The second-order valence-electron chi connectivity index (χ2n) is 6.77. The molecule has 0 fully saturated rings. The monoisotopic (exact) mass is 512 g/mol. The number of nitrogens with zero attached hydrogens (tertiary/aromatic N) is 3. The molecule has 166 valence electrons. The summed E-state index contributed by atoms with van der Waals surface area (Å²) < 4.78 is 50.1. The number of sulfonamides is 1. The maximum atomic E-state index is 14.4. The van der Waals surface area contributed by atoms with E-state index in [0.29, 0.717) is 39.9 Å². The summed E-state index contributed by atoms with van der Waals surface area (Å²) in [6.45, 7) is 0.520. The topological polar surface area (TPSA) is 93.7 Å². The summed E-state index contributed by atoms with van der Waals surface area (Å²) in [6, 6.07) is 10.0. The third-order valence-corrected chi connectivity index (χ3v) is 6.29. The average molecular weight is 513 g/mol. The fourth-order valence-corrected chi connectivity index (χ4v) is 3.50. The summed E-state index contributed by atoms with van der Waals surface area (Å²) in [5.74, 6) is 0.511. The van der Waals surface area contributed by atoms with Crippen molar-refractivity contribution in [2.24, 2.45) is 0 Å². The molecule has 1 heterocycles. The van der Waals surface area contributed by atoms with Gasteiger partial charge in [-0.1, -0.05) is 15.9 Å². The Kier molecular flexibility index (Phi) is 7.29. The van der Waals surface area contributed by atoms with Gasteiger partial charge >= 0.3 is 6.01 Å². The highest BCUT2D eigenvalue weighted by atomic mass is 79.9. The number of aromatic nitrogens is 2. The molecule has 0 atom stereocenters. The molecule has 0 saturated heterocycles. The molecule has 0 aliphatic heterocycles. The van der Waals surface area contributed by atoms with E-state index in [9.17, 15) is 12.8 Å². The summed E-state index contributed by atoms with van der Waals surface area (Å²) in [6.07, 6.45) is 1.60. The molecule has 0 spiro atoms. The number of ether oxygens (including phenoxy) is 2. The van der Waals surface area contributed by atoms with Gasteiger partial charge in [-0.3, -0.25) is 0 Å². The summed E-state index contributed by atoms with van der Waals surface area (Å²) in [4.78, 5) is 8.78. The predicted octanol–water partition coefficient (Wildman–Crippen LogP) is 3.94. The Morgan fingerprint density at radius 1 is 1.19 bits per heavy atom. The van der Waals surface area contributed by atoms with Crippen LogP contribution in [-0.2, 0) is 10.0 Å². The van der Waals surface area contributed by atoms with Crippen LogP contribution in [0.5, 0.6) is 11.8 Å². The maximum absolute atomic E-state index is 14.4. The molecule has 2 aromatic carbocycles. The zero-order valence-electron chi connectivity index (χ0n) is 17.2. The van der Waals surface area contributed by atoms with Crippen LogP contribution in [0.3, 0.4) is 0 Å². The lowest BCUT2D eigenvalue weighted by molar-refractivity contribution is 0.277. The molecule has 0 aliphatic carbocycles. The Morgan fingerprint density at radius 2 is 1.97 bits per heavy atom. The molecule has 1 N–H and O–H groups in total. The molecule has 1 aromatic heterocycles. The largest absolute Gasteiger partial charge is 0.497 e. The molecule has 11 heteroatoms. The minimum absolute atomic E-state index is 0.0969. The average Bonchev–Trinajstić information content (AvgIpc) is 2.72. The smallest absolute Gasteiger partial charge is 0.318 e. The van der Waals surface area contributed by atoms with Crippen molar-refractivity contribution in [3.8, 4) is 11.8 Å². The van der Waals surface area contributed by atoms with Gasteiger partial charge in [-0.25, -0.2) is 17.1 Å². The first-order chi connectivity index (χ1) is 14.7.